The summed E-state index contributed by atoms with van der Waals surface area (Å²) in [5.41, 5.74) is 6.80. The Morgan fingerprint density at radius 3 is 2.31 bits per heavy atom. The number of amides is 3. The van der Waals surface area contributed by atoms with E-state index in [0.717, 1.165) is 0 Å². The number of dihydropyridines is 1. The number of aliphatic imine (C=N–C) groups is 1. The molecule has 1 saturated heterocycles. The fourth-order valence-electron chi connectivity index (χ4n) is 3.43. The molecule has 8 nitrogen and oxygen atoms in total. The van der Waals surface area contributed by atoms with Gasteiger partial charge in [-0.3, -0.25) is 10.1 Å². The first-order chi connectivity index (χ1) is 13.8. The van der Waals surface area contributed by atoms with Gasteiger partial charge in [-0.05, 0) is 29.3 Å². The molecule has 0 aromatic heterocycles. The van der Waals surface area contributed by atoms with Crippen LogP contribution in [0.4, 0.5) is 4.79 Å². The quantitative estimate of drug-likeness (QED) is 0.621. The molecule has 29 heavy (non-hydrogen) atoms. The summed E-state index contributed by atoms with van der Waals surface area (Å²) < 4.78 is 27.6. The van der Waals surface area contributed by atoms with E-state index in [-0.39, 0.29) is 21.9 Å². The second kappa shape index (κ2) is 7.12. The predicted octanol–water partition coefficient (Wildman–Crippen LogP) is 1.58. The number of hydrogen-bond donors (Lipinski definition) is 3. The number of benzene rings is 2. The highest BCUT2D eigenvalue weighted by molar-refractivity contribution is 9.10. The first-order valence-electron chi connectivity index (χ1n) is 8.53. The van der Waals surface area contributed by atoms with Crippen LogP contribution in [0.2, 0.25) is 0 Å². The Labute approximate surface area is 174 Å². The van der Waals surface area contributed by atoms with Gasteiger partial charge in [-0.15, -0.1) is 0 Å². The van der Waals surface area contributed by atoms with Gasteiger partial charge in [-0.1, -0.05) is 52.3 Å². The molecular formula is C19H15BrN4O4S. The van der Waals surface area contributed by atoms with Crippen molar-refractivity contribution in [3.8, 4) is 0 Å². The molecule has 1 fully saturated rings. The largest absolute Gasteiger partial charge is 0.386 e. The molecule has 0 aliphatic carbocycles. The van der Waals surface area contributed by atoms with Crippen LogP contribution in [-0.4, -0.2) is 37.6 Å². The lowest BCUT2D eigenvalue weighted by atomic mass is 9.91. The highest BCUT2D eigenvalue weighted by Crippen LogP contribution is 2.38. The number of imide groups is 1. The van der Waals surface area contributed by atoms with E-state index in [1.807, 2.05) is 0 Å². The average Bonchev–Trinajstić information content (AvgIpc) is 2.67. The van der Waals surface area contributed by atoms with Crippen molar-refractivity contribution in [3.63, 3.8) is 0 Å². The third kappa shape index (κ3) is 3.23. The van der Waals surface area contributed by atoms with Crippen molar-refractivity contribution in [2.45, 2.75) is 16.3 Å². The lowest BCUT2D eigenvalue weighted by Crippen LogP contribution is -2.57. The fraction of sp³-hybridized carbons (Fsp3) is 0.105. The molecule has 0 saturated carbocycles. The molecule has 2 heterocycles. The Morgan fingerprint density at radius 2 is 1.62 bits per heavy atom. The van der Waals surface area contributed by atoms with Crippen LogP contribution >= 0.6 is 15.9 Å². The molecule has 2 aromatic carbocycles. The first-order valence-corrected chi connectivity index (χ1v) is 10.9. The second-order valence-electron chi connectivity index (χ2n) is 6.43. The molecule has 10 heteroatoms. The van der Waals surface area contributed by atoms with Crippen LogP contribution in [0.15, 0.2) is 74.5 Å². The van der Waals surface area contributed by atoms with Crippen LogP contribution in [-0.2, 0) is 14.6 Å². The minimum Gasteiger partial charge on any atom is -0.386 e. The van der Waals surface area contributed by atoms with Gasteiger partial charge in [-0.2, -0.15) is 0 Å². The third-order valence-corrected chi connectivity index (χ3v) is 7.38. The zero-order chi connectivity index (χ0) is 20.8. The van der Waals surface area contributed by atoms with Crippen molar-refractivity contribution < 1.29 is 18.0 Å². The average molecular weight is 475 g/mol. The van der Waals surface area contributed by atoms with Crippen molar-refractivity contribution in [3.05, 3.63) is 70.2 Å². The van der Waals surface area contributed by atoms with Crippen LogP contribution in [0, 0.1) is 0 Å². The minimum atomic E-state index is -4.04. The van der Waals surface area contributed by atoms with Crippen molar-refractivity contribution in [1.29, 1.82) is 0 Å². The van der Waals surface area contributed by atoms with Gasteiger partial charge in [0.25, 0.3) is 5.91 Å². The van der Waals surface area contributed by atoms with Gasteiger partial charge in [-0.25, -0.2) is 18.2 Å². The lowest BCUT2D eigenvalue weighted by Gasteiger charge is -2.34. The molecule has 148 valence electrons. The summed E-state index contributed by atoms with van der Waals surface area (Å²) in [5.74, 6) is -0.919. The van der Waals surface area contributed by atoms with E-state index in [0.29, 0.717) is 10.0 Å². The Kier molecular flexibility index (Phi) is 4.75. The van der Waals surface area contributed by atoms with Crippen molar-refractivity contribution in [1.82, 2.24) is 10.6 Å². The monoisotopic (exact) mass is 474 g/mol. The summed E-state index contributed by atoms with van der Waals surface area (Å²) in [6.45, 7) is 0. The maximum absolute atomic E-state index is 13.5. The normalized spacial score (nSPS) is 21.8. The Balaban J connectivity index is 2.02. The smallest absolute Gasteiger partial charge is 0.323 e. The molecule has 2 aliphatic rings. The summed E-state index contributed by atoms with van der Waals surface area (Å²) in [5, 5.41) is 3.27. The van der Waals surface area contributed by atoms with Crippen LogP contribution in [0.25, 0.3) is 5.57 Å². The highest BCUT2D eigenvalue weighted by Gasteiger charge is 2.45. The molecule has 2 aromatic rings. The third-order valence-electron chi connectivity index (χ3n) is 4.66. The molecule has 2 aliphatic heterocycles. The predicted molar refractivity (Wildman–Crippen MR) is 111 cm³/mol. The summed E-state index contributed by atoms with van der Waals surface area (Å²) in [6.07, 6.45) is -1.07. The van der Waals surface area contributed by atoms with E-state index in [4.69, 9.17) is 5.73 Å². The molecular weight excluding hydrogens is 460 g/mol. The van der Waals surface area contributed by atoms with Gasteiger partial charge in [0, 0.05) is 4.47 Å². The van der Waals surface area contributed by atoms with Crippen LogP contribution in [0.1, 0.15) is 5.56 Å². The van der Waals surface area contributed by atoms with E-state index in [1.165, 1.54) is 12.1 Å². The van der Waals surface area contributed by atoms with E-state index in [1.54, 1.807) is 42.5 Å². The summed E-state index contributed by atoms with van der Waals surface area (Å²) in [6, 6.07) is 14.0. The standard InChI is InChI=1S/C19H15BrN4O4S/c20-12-9-5-4-8-11(12)13-14-17(23-19(26)24-18(14)25)22-16(21)15(13)29(27,28)10-6-2-1-3-7-10/h1-9,15,17H,(H2,21,22)(H2,23,24,25,26). The lowest BCUT2D eigenvalue weighted by molar-refractivity contribution is -0.117. The number of sulfone groups is 1. The zero-order valence-corrected chi connectivity index (χ0v) is 17.2. The van der Waals surface area contributed by atoms with Gasteiger partial charge >= 0.3 is 6.03 Å². The summed E-state index contributed by atoms with van der Waals surface area (Å²) in [7, 11) is -4.04. The number of halogens is 1. The Bertz CT molecular complexity index is 1190. The molecule has 0 spiro atoms. The Hall–Kier alpha value is -2.98. The van der Waals surface area contributed by atoms with E-state index in [9.17, 15) is 18.0 Å². The molecule has 0 bridgehead atoms. The van der Waals surface area contributed by atoms with Crippen molar-refractivity contribution in [2.24, 2.45) is 10.7 Å². The van der Waals surface area contributed by atoms with Gasteiger partial charge in [0.05, 0.1) is 10.5 Å². The van der Waals surface area contributed by atoms with Crippen LogP contribution in [0.3, 0.4) is 0 Å². The van der Waals surface area contributed by atoms with Gasteiger partial charge < -0.3 is 11.1 Å². The van der Waals surface area contributed by atoms with Gasteiger partial charge in [0.2, 0.25) is 0 Å². The number of nitrogens with zero attached hydrogens (tertiary/aromatic N) is 1. The number of rotatable bonds is 3. The van der Waals surface area contributed by atoms with Crippen molar-refractivity contribution in [2.75, 3.05) is 0 Å². The summed E-state index contributed by atoms with van der Waals surface area (Å²) >= 11 is 3.42. The molecule has 4 N–H and O–H groups in total. The number of hydrogen-bond acceptors (Lipinski definition) is 6. The van der Waals surface area contributed by atoms with Crippen LogP contribution in [0.5, 0.6) is 0 Å². The maximum Gasteiger partial charge on any atom is 0.323 e. The Morgan fingerprint density at radius 1 is 0.966 bits per heavy atom. The number of fused-ring (bicyclic) bond motifs is 1. The van der Waals surface area contributed by atoms with E-state index >= 15 is 0 Å². The van der Waals surface area contributed by atoms with Gasteiger partial charge in [0.1, 0.15) is 11.1 Å². The highest BCUT2D eigenvalue weighted by atomic mass is 79.9. The number of nitrogens with one attached hydrogen (secondary N) is 2. The number of urea groups is 1. The molecule has 2 atom stereocenters. The molecule has 3 amide bonds. The molecule has 2 unspecified atom stereocenters. The van der Waals surface area contributed by atoms with E-state index in [2.05, 4.69) is 31.6 Å². The van der Waals surface area contributed by atoms with Crippen molar-refractivity contribution >= 4 is 49.1 Å². The number of carbonyl (C=O) groups excluding carboxylic acids is 2. The topological polar surface area (TPSA) is 131 Å². The SMILES string of the molecule is NC1=NC2NC(=O)NC(=O)C2=C(c2ccccc2Br)C1S(=O)(=O)c1ccccc1. The fourth-order valence-corrected chi connectivity index (χ4v) is 5.68. The summed E-state index contributed by atoms with van der Waals surface area (Å²) in [4.78, 5) is 28.6. The molecule has 4 rings (SSSR count). The van der Waals surface area contributed by atoms with E-state index < -0.39 is 33.2 Å². The molecule has 0 radical (unpaired) electrons. The second-order valence-corrected chi connectivity index (χ2v) is 9.32. The minimum absolute atomic E-state index is 0.0372. The van der Waals surface area contributed by atoms with Crippen LogP contribution < -0.4 is 16.4 Å². The number of nitrogens with two attached hydrogens (primary N) is 1. The zero-order valence-electron chi connectivity index (χ0n) is 14.8. The number of carbonyl (C=O) groups is 2. The first kappa shape index (κ1) is 19.3. The maximum atomic E-state index is 13.5. The number of amidine groups is 1. The van der Waals surface area contributed by atoms with Gasteiger partial charge in [0.15, 0.2) is 16.0 Å².